The maximum Gasteiger partial charge on any atom is 0.274 e. The third kappa shape index (κ3) is 3.18. The lowest BCUT2D eigenvalue weighted by molar-refractivity contribution is 0.0309. The van der Waals surface area contributed by atoms with Crippen molar-refractivity contribution >= 4 is 5.91 Å². The van der Waals surface area contributed by atoms with Crippen molar-refractivity contribution in [1.82, 2.24) is 19.6 Å². The van der Waals surface area contributed by atoms with Crippen LogP contribution in [0.5, 0.6) is 0 Å². The van der Waals surface area contributed by atoms with Crippen LogP contribution in [-0.2, 0) is 11.3 Å². The maximum absolute atomic E-state index is 12.8. The zero-order valence-corrected chi connectivity index (χ0v) is 16.2. The summed E-state index contributed by atoms with van der Waals surface area (Å²) in [6.45, 7) is 7.73. The largest absolute Gasteiger partial charge is 0.384 e. The van der Waals surface area contributed by atoms with Gasteiger partial charge in [0.1, 0.15) is 5.69 Å². The van der Waals surface area contributed by atoms with E-state index in [2.05, 4.69) is 10.00 Å². The molecule has 6 nitrogen and oxygen atoms in total. The lowest BCUT2D eigenvalue weighted by Crippen LogP contribution is -2.48. The molecule has 2 saturated heterocycles. The third-order valence-electron chi connectivity index (χ3n) is 7.03. The van der Waals surface area contributed by atoms with E-state index in [1.54, 1.807) is 0 Å². The fourth-order valence-electron chi connectivity index (χ4n) is 5.07. The number of hydrogen-bond donors (Lipinski definition) is 0. The van der Waals surface area contributed by atoms with E-state index in [1.165, 1.54) is 32.4 Å². The Hall–Kier alpha value is -1.40. The van der Waals surface area contributed by atoms with Crippen LogP contribution in [0.4, 0.5) is 0 Å². The number of aryl methyl sites for hydroxylation is 1. The van der Waals surface area contributed by atoms with Crippen LogP contribution in [0.15, 0.2) is 12.3 Å². The molecule has 1 amide bonds. The van der Waals surface area contributed by atoms with Gasteiger partial charge in [0.15, 0.2) is 0 Å². The summed E-state index contributed by atoms with van der Waals surface area (Å²) < 4.78 is 7.39. The van der Waals surface area contributed by atoms with Gasteiger partial charge in [-0.05, 0) is 44.1 Å². The number of nitrogens with zero attached hydrogens (tertiary/aromatic N) is 4. The van der Waals surface area contributed by atoms with E-state index in [1.807, 2.05) is 35.9 Å². The molecule has 1 saturated carbocycles. The lowest BCUT2D eigenvalue weighted by Gasteiger charge is -2.43. The molecule has 1 unspecified atom stereocenters. The Labute approximate surface area is 156 Å². The molecule has 0 radical (unpaired) electrons. The summed E-state index contributed by atoms with van der Waals surface area (Å²) in [6, 6.07) is 2.64. The Kier molecular flexibility index (Phi) is 5.06. The average Bonchev–Trinajstić information content (AvgIpc) is 3.20. The number of carbonyl (C=O) groups is 1. The Bertz CT molecular complexity index is 632. The number of aromatic nitrogens is 2. The minimum absolute atomic E-state index is 0.0872. The first-order chi connectivity index (χ1) is 12.6. The van der Waals surface area contributed by atoms with Crippen molar-refractivity contribution in [3.63, 3.8) is 0 Å². The molecule has 1 aromatic heterocycles. The zero-order chi connectivity index (χ0) is 18.1. The Balaban J connectivity index is 1.41. The van der Waals surface area contributed by atoms with Gasteiger partial charge in [-0.25, -0.2) is 0 Å². The average molecular weight is 361 g/mol. The van der Waals surface area contributed by atoms with E-state index in [0.29, 0.717) is 17.0 Å². The van der Waals surface area contributed by atoms with Crippen molar-refractivity contribution in [2.24, 2.45) is 11.3 Å². The molecule has 1 atom stereocenters. The SMILES string of the molecule is CCn1ccc(C(=O)N2CCC3(CC2)CN(C2CCC2)CC3COC)n1. The van der Waals surface area contributed by atoms with Gasteiger partial charge in [-0.15, -0.1) is 0 Å². The van der Waals surface area contributed by atoms with Gasteiger partial charge in [0.25, 0.3) is 5.91 Å². The molecular formula is C20H32N4O2. The van der Waals surface area contributed by atoms with Crippen LogP contribution < -0.4 is 0 Å². The van der Waals surface area contributed by atoms with Crippen molar-refractivity contribution in [2.45, 2.75) is 51.6 Å². The molecule has 0 aromatic carbocycles. The molecule has 4 rings (SSSR count). The molecule has 3 aliphatic rings. The molecule has 0 bridgehead atoms. The summed E-state index contributed by atoms with van der Waals surface area (Å²) in [4.78, 5) is 17.5. The fourth-order valence-corrected chi connectivity index (χ4v) is 5.07. The van der Waals surface area contributed by atoms with E-state index >= 15 is 0 Å². The van der Waals surface area contributed by atoms with E-state index in [0.717, 1.165) is 45.1 Å². The van der Waals surface area contributed by atoms with Gasteiger partial charge in [-0.3, -0.25) is 14.4 Å². The van der Waals surface area contributed by atoms with Crippen LogP contribution in [0.3, 0.4) is 0 Å². The highest BCUT2D eigenvalue weighted by Gasteiger charge is 2.50. The van der Waals surface area contributed by atoms with E-state index in [9.17, 15) is 4.79 Å². The van der Waals surface area contributed by atoms with Crippen molar-refractivity contribution in [1.29, 1.82) is 0 Å². The normalized spacial score (nSPS) is 26.4. The van der Waals surface area contributed by atoms with Crippen LogP contribution in [0.25, 0.3) is 0 Å². The number of likely N-dealkylation sites (tertiary alicyclic amines) is 2. The predicted molar refractivity (Wildman–Crippen MR) is 100 cm³/mol. The molecule has 3 fully saturated rings. The Morgan fingerprint density at radius 3 is 2.69 bits per heavy atom. The van der Waals surface area contributed by atoms with Gasteiger partial charge in [0.05, 0.1) is 6.61 Å². The summed E-state index contributed by atoms with van der Waals surface area (Å²) in [5, 5.41) is 4.39. The first-order valence-corrected chi connectivity index (χ1v) is 10.2. The van der Waals surface area contributed by atoms with Crippen molar-refractivity contribution in [3.8, 4) is 0 Å². The van der Waals surface area contributed by atoms with Gasteiger partial charge in [0, 0.05) is 58.0 Å². The van der Waals surface area contributed by atoms with E-state index in [4.69, 9.17) is 4.74 Å². The first-order valence-electron chi connectivity index (χ1n) is 10.2. The van der Waals surface area contributed by atoms with Crippen molar-refractivity contribution in [3.05, 3.63) is 18.0 Å². The number of carbonyl (C=O) groups excluding carboxylic acids is 1. The standard InChI is InChI=1S/C20H32N4O2/c1-3-24-10-7-18(21-24)19(25)22-11-8-20(9-12-22)15-23(17-5-4-6-17)13-16(20)14-26-2/h7,10,16-17H,3-6,8-9,11-15H2,1-2H3. The summed E-state index contributed by atoms with van der Waals surface area (Å²) in [6.07, 6.45) is 8.17. The van der Waals surface area contributed by atoms with Gasteiger partial charge >= 0.3 is 0 Å². The smallest absolute Gasteiger partial charge is 0.274 e. The minimum atomic E-state index is 0.0872. The van der Waals surface area contributed by atoms with Gasteiger partial charge in [0.2, 0.25) is 0 Å². The summed E-state index contributed by atoms with van der Waals surface area (Å²) >= 11 is 0. The van der Waals surface area contributed by atoms with Gasteiger partial charge < -0.3 is 9.64 Å². The van der Waals surface area contributed by atoms with E-state index < -0.39 is 0 Å². The second-order valence-corrected chi connectivity index (χ2v) is 8.38. The number of hydrogen-bond acceptors (Lipinski definition) is 4. The molecule has 26 heavy (non-hydrogen) atoms. The second-order valence-electron chi connectivity index (χ2n) is 8.38. The highest BCUT2D eigenvalue weighted by Crippen LogP contribution is 2.47. The molecule has 144 valence electrons. The summed E-state index contributed by atoms with van der Waals surface area (Å²) in [5.74, 6) is 0.689. The van der Waals surface area contributed by atoms with Gasteiger partial charge in [-0.2, -0.15) is 5.10 Å². The molecule has 1 aliphatic carbocycles. The van der Waals surface area contributed by atoms with Crippen molar-refractivity contribution in [2.75, 3.05) is 39.9 Å². The lowest BCUT2D eigenvalue weighted by atomic mass is 9.71. The number of piperidine rings is 1. The summed E-state index contributed by atoms with van der Waals surface area (Å²) in [5.41, 5.74) is 0.907. The highest BCUT2D eigenvalue weighted by molar-refractivity contribution is 5.92. The van der Waals surface area contributed by atoms with Crippen LogP contribution in [0, 0.1) is 11.3 Å². The molecular weight excluding hydrogens is 328 g/mol. The number of ether oxygens (including phenoxy) is 1. The minimum Gasteiger partial charge on any atom is -0.384 e. The van der Waals surface area contributed by atoms with Gasteiger partial charge in [-0.1, -0.05) is 6.42 Å². The fraction of sp³-hybridized carbons (Fsp3) is 0.800. The number of amides is 1. The van der Waals surface area contributed by atoms with Crippen LogP contribution >= 0.6 is 0 Å². The summed E-state index contributed by atoms with van der Waals surface area (Å²) in [7, 11) is 1.82. The molecule has 1 spiro atoms. The topological polar surface area (TPSA) is 50.6 Å². The quantitative estimate of drug-likeness (QED) is 0.808. The number of methoxy groups -OCH3 is 1. The molecule has 0 N–H and O–H groups in total. The highest BCUT2D eigenvalue weighted by atomic mass is 16.5. The van der Waals surface area contributed by atoms with E-state index in [-0.39, 0.29) is 5.91 Å². The first kappa shape index (κ1) is 18.0. The van der Waals surface area contributed by atoms with Crippen LogP contribution in [-0.4, -0.2) is 71.4 Å². The second kappa shape index (κ2) is 7.31. The Morgan fingerprint density at radius 2 is 2.12 bits per heavy atom. The molecule has 2 aliphatic heterocycles. The maximum atomic E-state index is 12.8. The van der Waals surface area contributed by atoms with Crippen LogP contribution in [0.2, 0.25) is 0 Å². The number of rotatable bonds is 5. The monoisotopic (exact) mass is 360 g/mol. The molecule has 6 heteroatoms. The van der Waals surface area contributed by atoms with Crippen molar-refractivity contribution < 1.29 is 9.53 Å². The van der Waals surface area contributed by atoms with Crippen LogP contribution in [0.1, 0.15) is 49.5 Å². The third-order valence-corrected chi connectivity index (χ3v) is 7.03. The zero-order valence-electron chi connectivity index (χ0n) is 16.2. The predicted octanol–water partition coefficient (Wildman–Crippen LogP) is 2.26. The Morgan fingerprint density at radius 1 is 1.35 bits per heavy atom. The molecule has 1 aromatic rings. The molecule has 3 heterocycles.